The number of hydrogen-bond acceptors (Lipinski definition) is 9. The zero-order chi connectivity index (χ0) is 27.6. The van der Waals surface area contributed by atoms with E-state index < -0.39 is 5.91 Å². The van der Waals surface area contributed by atoms with Gasteiger partial charge in [0.25, 0.3) is 11.8 Å². The van der Waals surface area contributed by atoms with Crippen LogP contribution in [0.4, 0.5) is 11.6 Å². The molecule has 0 saturated carbocycles. The number of piperidine rings is 1. The average molecular weight is 553 g/mol. The Bertz CT molecular complexity index is 1260. The first kappa shape index (κ1) is 28.1. The fourth-order valence-corrected chi connectivity index (χ4v) is 4.53. The van der Waals surface area contributed by atoms with Crippen molar-refractivity contribution in [2.45, 2.75) is 38.3 Å². The van der Waals surface area contributed by atoms with Gasteiger partial charge in [-0.05, 0) is 68.1 Å². The van der Waals surface area contributed by atoms with Crippen molar-refractivity contribution in [3.05, 3.63) is 70.8 Å². The van der Waals surface area contributed by atoms with Gasteiger partial charge in [0.2, 0.25) is 0 Å². The largest absolute Gasteiger partial charge is 0.484 e. The zero-order valence-electron chi connectivity index (χ0n) is 21.6. The van der Waals surface area contributed by atoms with Crippen molar-refractivity contribution >= 4 is 35.1 Å². The quantitative estimate of drug-likeness (QED) is 0.279. The molecule has 2 aromatic heterocycles. The highest BCUT2D eigenvalue weighted by atomic mass is 35.5. The number of nitrogen functional groups attached to an aromatic ring is 2. The SMILES string of the molecule is Nc1nc(N)c(C(=O)NC2CCCN(CCCc3ccc(OCC(=O)NCc4cccnc4)cc3)C2)nc1Cl. The van der Waals surface area contributed by atoms with Gasteiger partial charge in [0, 0.05) is 31.5 Å². The minimum Gasteiger partial charge on any atom is -0.484 e. The lowest BCUT2D eigenvalue weighted by Crippen LogP contribution is -2.48. The Balaban J connectivity index is 1.15. The van der Waals surface area contributed by atoms with E-state index >= 15 is 0 Å². The molecule has 3 heterocycles. The van der Waals surface area contributed by atoms with Crippen molar-refractivity contribution in [1.29, 1.82) is 0 Å². The number of nitrogens with one attached hydrogen (secondary N) is 2. The highest BCUT2D eigenvalue weighted by Crippen LogP contribution is 2.19. The number of anilines is 2. The van der Waals surface area contributed by atoms with Gasteiger partial charge in [0.15, 0.2) is 29.1 Å². The maximum Gasteiger partial charge on any atom is 0.274 e. The second kappa shape index (κ2) is 13.7. The number of carbonyl (C=O) groups excluding carboxylic acids is 2. The van der Waals surface area contributed by atoms with Crippen LogP contribution in [-0.4, -0.2) is 63.9 Å². The summed E-state index contributed by atoms with van der Waals surface area (Å²) in [6.07, 6.45) is 7.16. The second-order valence-electron chi connectivity index (χ2n) is 9.42. The normalized spacial score (nSPS) is 15.5. The van der Waals surface area contributed by atoms with Crippen molar-refractivity contribution in [2.75, 3.05) is 37.7 Å². The molecule has 0 spiro atoms. The van der Waals surface area contributed by atoms with Crippen LogP contribution in [0.2, 0.25) is 5.15 Å². The Morgan fingerprint density at radius 1 is 1.10 bits per heavy atom. The molecule has 12 heteroatoms. The summed E-state index contributed by atoms with van der Waals surface area (Å²) in [6, 6.07) is 11.5. The number of pyridine rings is 1. The first-order valence-corrected chi connectivity index (χ1v) is 13.2. The number of aryl methyl sites for hydroxylation is 1. The summed E-state index contributed by atoms with van der Waals surface area (Å²) in [5, 5.41) is 5.77. The van der Waals surface area contributed by atoms with Crippen molar-refractivity contribution in [3.8, 4) is 5.75 Å². The first-order chi connectivity index (χ1) is 18.9. The molecule has 0 bridgehead atoms. The number of ether oxygens (including phenoxy) is 1. The minimum atomic E-state index is -0.401. The fourth-order valence-electron chi connectivity index (χ4n) is 4.40. The summed E-state index contributed by atoms with van der Waals surface area (Å²) in [7, 11) is 0. The summed E-state index contributed by atoms with van der Waals surface area (Å²) in [5.41, 5.74) is 13.5. The molecule has 2 amide bonds. The van der Waals surface area contributed by atoms with Crippen LogP contribution in [0.25, 0.3) is 0 Å². The van der Waals surface area contributed by atoms with Gasteiger partial charge in [-0.25, -0.2) is 9.97 Å². The first-order valence-electron chi connectivity index (χ1n) is 12.9. The summed E-state index contributed by atoms with van der Waals surface area (Å²) in [6.45, 7) is 3.02. The predicted octanol–water partition coefficient (Wildman–Crippen LogP) is 2.21. The molecule has 1 fully saturated rings. The van der Waals surface area contributed by atoms with Gasteiger partial charge in [-0.1, -0.05) is 29.8 Å². The van der Waals surface area contributed by atoms with E-state index in [1.165, 1.54) is 5.56 Å². The van der Waals surface area contributed by atoms with Crippen LogP contribution in [0.5, 0.6) is 5.75 Å². The molecule has 3 aromatic rings. The zero-order valence-corrected chi connectivity index (χ0v) is 22.4. The van der Waals surface area contributed by atoms with E-state index in [-0.39, 0.29) is 41.0 Å². The fraction of sp³-hybridized carbons (Fsp3) is 0.370. The Kier molecular flexibility index (Phi) is 9.87. The molecule has 1 aliphatic rings. The van der Waals surface area contributed by atoms with E-state index in [9.17, 15) is 9.59 Å². The molecule has 0 aliphatic carbocycles. The highest BCUT2D eigenvalue weighted by molar-refractivity contribution is 6.31. The van der Waals surface area contributed by atoms with Gasteiger partial charge in [-0.15, -0.1) is 0 Å². The summed E-state index contributed by atoms with van der Waals surface area (Å²) in [5.74, 6) is 0.0200. The Morgan fingerprint density at radius 2 is 1.92 bits per heavy atom. The van der Waals surface area contributed by atoms with Gasteiger partial charge < -0.3 is 31.7 Å². The molecule has 4 rings (SSSR count). The van der Waals surface area contributed by atoms with Crippen LogP contribution in [-0.2, 0) is 17.8 Å². The Labute approximate surface area is 232 Å². The van der Waals surface area contributed by atoms with Crippen LogP contribution in [0, 0.1) is 0 Å². The van der Waals surface area contributed by atoms with Crippen molar-refractivity contribution < 1.29 is 14.3 Å². The summed E-state index contributed by atoms with van der Waals surface area (Å²) >= 11 is 5.90. The lowest BCUT2D eigenvalue weighted by Gasteiger charge is -2.33. The smallest absolute Gasteiger partial charge is 0.274 e. The van der Waals surface area contributed by atoms with E-state index in [4.69, 9.17) is 27.8 Å². The van der Waals surface area contributed by atoms with E-state index in [2.05, 4.69) is 30.5 Å². The Hall–Kier alpha value is -3.96. The molecule has 1 unspecified atom stereocenters. The number of aromatic nitrogens is 3. The number of nitrogens with zero attached hydrogens (tertiary/aromatic N) is 4. The molecule has 1 atom stereocenters. The van der Waals surface area contributed by atoms with E-state index in [1.54, 1.807) is 12.4 Å². The van der Waals surface area contributed by atoms with Crippen LogP contribution in [0.1, 0.15) is 40.9 Å². The molecule has 39 heavy (non-hydrogen) atoms. The molecule has 1 aromatic carbocycles. The van der Waals surface area contributed by atoms with E-state index in [0.717, 1.165) is 50.9 Å². The lowest BCUT2D eigenvalue weighted by molar-refractivity contribution is -0.123. The molecular weight excluding hydrogens is 520 g/mol. The number of benzene rings is 1. The molecule has 206 valence electrons. The third-order valence-electron chi connectivity index (χ3n) is 6.41. The second-order valence-corrected chi connectivity index (χ2v) is 9.78. The summed E-state index contributed by atoms with van der Waals surface area (Å²) in [4.78, 5) is 38.9. The lowest BCUT2D eigenvalue weighted by atomic mass is 10.0. The average Bonchev–Trinajstić information content (AvgIpc) is 2.94. The van der Waals surface area contributed by atoms with Crippen molar-refractivity contribution in [1.82, 2.24) is 30.5 Å². The number of nitrogens with two attached hydrogens (primary N) is 2. The van der Waals surface area contributed by atoms with Crippen LogP contribution >= 0.6 is 11.6 Å². The van der Waals surface area contributed by atoms with Crippen LogP contribution in [0.15, 0.2) is 48.8 Å². The van der Waals surface area contributed by atoms with E-state index in [1.807, 2.05) is 36.4 Å². The van der Waals surface area contributed by atoms with Crippen LogP contribution in [0.3, 0.4) is 0 Å². The topological polar surface area (TPSA) is 161 Å². The van der Waals surface area contributed by atoms with Crippen molar-refractivity contribution in [3.63, 3.8) is 0 Å². The monoisotopic (exact) mass is 552 g/mol. The molecule has 1 saturated heterocycles. The third kappa shape index (κ3) is 8.52. The van der Waals surface area contributed by atoms with Gasteiger partial charge in [0.05, 0.1) is 0 Å². The van der Waals surface area contributed by atoms with Gasteiger partial charge in [-0.2, -0.15) is 0 Å². The van der Waals surface area contributed by atoms with Gasteiger partial charge >= 0.3 is 0 Å². The molecule has 1 aliphatic heterocycles. The van der Waals surface area contributed by atoms with Crippen LogP contribution < -0.4 is 26.8 Å². The maximum absolute atomic E-state index is 12.7. The minimum absolute atomic E-state index is 0.00298. The molecule has 11 nitrogen and oxygen atoms in total. The van der Waals surface area contributed by atoms with Gasteiger partial charge in [-0.3, -0.25) is 14.6 Å². The number of amides is 2. The van der Waals surface area contributed by atoms with E-state index in [0.29, 0.717) is 12.3 Å². The number of halogens is 1. The molecule has 0 radical (unpaired) electrons. The predicted molar refractivity (Wildman–Crippen MR) is 149 cm³/mol. The Morgan fingerprint density at radius 3 is 2.69 bits per heavy atom. The number of rotatable bonds is 11. The number of carbonyl (C=O) groups is 2. The van der Waals surface area contributed by atoms with Crippen molar-refractivity contribution in [2.24, 2.45) is 0 Å². The molecular formula is C27H33ClN8O3. The third-order valence-corrected chi connectivity index (χ3v) is 6.68. The maximum atomic E-state index is 12.7. The molecule has 6 N–H and O–H groups in total. The standard InChI is InChI=1S/C27H33ClN8O3/c28-24-26(30)35-25(29)23(34-24)27(38)33-20-6-3-13-36(16-20)12-2-5-18-7-9-21(10-8-18)39-17-22(37)32-15-19-4-1-11-31-14-19/h1,4,7-11,14,20H,2-3,5-6,12-13,15-17H2,(H,32,37)(H,33,38)(H4,29,30,35). The number of likely N-dealkylation sites (tertiary alicyclic amines) is 1. The highest BCUT2D eigenvalue weighted by Gasteiger charge is 2.24. The van der Waals surface area contributed by atoms with Gasteiger partial charge in [0.1, 0.15) is 5.75 Å². The number of hydrogen-bond donors (Lipinski definition) is 4. The summed E-state index contributed by atoms with van der Waals surface area (Å²) < 4.78 is 5.61.